The Morgan fingerprint density at radius 1 is 1.07 bits per heavy atom. The van der Waals surface area contributed by atoms with Gasteiger partial charge in [0.15, 0.2) is 6.61 Å². The number of methoxy groups -OCH3 is 1. The minimum absolute atomic E-state index is 0.237. The second-order valence-corrected chi connectivity index (χ2v) is 8.45. The van der Waals surface area contributed by atoms with Gasteiger partial charge in [-0.3, -0.25) is 9.69 Å². The van der Waals surface area contributed by atoms with Crippen LogP contribution in [0.2, 0.25) is 0 Å². The van der Waals surface area contributed by atoms with Crippen molar-refractivity contribution in [1.82, 2.24) is 9.80 Å². The van der Waals surface area contributed by atoms with Gasteiger partial charge in [-0.15, -0.1) is 11.3 Å². The predicted molar refractivity (Wildman–Crippen MR) is 113 cm³/mol. The molecule has 1 aromatic carbocycles. The number of carbonyl (C=O) groups excluding carboxylic acids is 2. The standard InChI is InChI=1S/C22H28N2O4S/c1-23(14-17-6-8-18(27-2)9-7-17)21(25)16-28-22(26)20-11-10-19(29-20)15-24-12-4-3-5-13-24/h6-11H,3-5,12-16H2,1-2H3. The highest BCUT2D eigenvalue weighted by Crippen LogP contribution is 2.21. The molecular weight excluding hydrogens is 388 g/mol. The lowest BCUT2D eigenvalue weighted by molar-refractivity contribution is -0.133. The van der Waals surface area contributed by atoms with E-state index in [9.17, 15) is 9.59 Å². The Balaban J connectivity index is 1.44. The van der Waals surface area contributed by atoms with Gasteiger partial charge in [0.25, 0.3) is 5.91 Å². The fourth-order valence-electron chi connectivity index (χ4n) is 3.31. The Morgan fingerprint density at radius 2 is 1.79 bits per heavy atom. The van der Waals surface area contributed by atoms with Gasteiger partial charge in [-0.25, -0.2) is 4.79 Å². The summed E-state index contributed by atoms with van der Waals surface area (Å²) in [6, 6.07) is 11.3. The Hall–Kier alpha value is -2.38. The number of hydrogen-bond donors (Lipinski definition) is 0. The number of amides is 1. The number of rotatable bonds is 8. The minimum Gasteiger partial charge on any atom is -0.497 e. The lowest BCUT2D eigenvalue weighted by atomic mass is 10.1. The molecule has 0 aliphatic carbocycles. The van der Waals surface area contributed by atoms with Crippen molar-refractivity contribution in [3.63, 3.8) is 0 Å². The van der Waals surface area contributed by atoms with Gasteiger partial charge >= 0.3 is 5.97 Å². The van der Waals surface area contributed by atoms with Crippen LogP contribution in [0.4, 0.5) is 0 Å². The van der Waals surface area contributed by atoms with Crippen LogP contribution in [0.25, 0.3) is 0 Å². The molecule has 2 heterocycles. The third-order valence-electron chi connectivity index (χ3n) is 5.02. The molecular formula is C22H28N2O4S. The molecule has 0 saturated carbocycles. The smallest absolute Gasteiger partial charge is 0.348 e. The summed E-state index contributed by atoms with van der Waals surface area (Å²) < 4.78 is 10.4. The molecule has 0 N–H and O–H groups in total. The minimum atomic E-state index is -0.439. The summed E-state index contributed by atoms with van der Waals surface area (Å²) in [4.78, 5) is 30.3. The molecule has 1 aliphatic rings. The maximum absolute atomic E-state index is 12.3. The van der Waals surface area contributed by atoms with Crippen LogP contribution in [0, 0.1) is 0 Å². The van der Waals surface area contributed by atoms with Crippen molar-refractivity contribution in [3.8, 4) is 5.75 Å². The molecule has 2 aromatic rings. The van der Waals surface area contributed by atoms with Crippen LogP contribution in [-0.2, 0) is 22.6 Å². The van der Waals surface area contributed by atoms with Crippen LogP contribution in [0.15, 0.2) is 36.4 Å². The average molecular weight is 417 g/mol. The zero-order valence-electron chi connectivity index (χ0n) is 17.1. The number of benzene rings is 1. The van der Waals surface area contributed by atoms with E-state index in [0.29, 0.717) is 11.4 Å². The lowest BCUT2D eigenvalue weighted by Crippen LogP contribution is -2.30. The van der Waals surface area contributed by atoms with E-state index in [4.69, 9.17) is 9.47 Å². The summed E-state index contributed by atoms with van der Waals surface area (Å²) in [6.45, 7) is 3.30. The maximum atomic E-state index is 12.3. The molecule has 7 heteroatoms. The summed E-state index contributed by atoms with van der Waals surface area (Å²) >= 11 is 1.45. The van der Waals surface area contributed by atoms with E-state index in [1.807, 2.05) is 30.3 Å². The van der Waals surface area contributed by atoms with E-state index in [1.165, 1.54) is 30.6 Å². The van der Waals surface area contributed by atoms with E-state index in [1.54, 1.807) is 25.1 Å². The van der Waals surface area contributed by atoms with Crippen LogP contribution < -0.4 is 4.74 Å². The van der Waals surface area contributed by atoms with E-state index >= 15 is 0 Å². The first-order valence-electron chi connectivity index (χ1n) is 9.90. The number of ether oxygens (including phenoxy) is 2. The van der Waals surface area contributed by atoms with Crippen molar-refractivity contribution in [2.75, 3.05) is 33.9 Å². The van der Waals surface area contributed by atoms with Gasteiger partial charge in [0.1, 0.15) is 10.6 Å². The number of likely N-dealkylation sites (tertiary alicyclic amines) is 1. The molecule has 0 bridgehead atoms. The number of carbonyl (C=O) groups is 2. The first kappa shape index (κ1) is 21.3. The molecule has 0 atom stereocenters. The molecule has 29 heavy (non-hydrogen) atoms. The second kappa shape index (κ2) is 10.4. The van der Waals surface area contributed by atoms with Crippen LogP contribution >= 0.6 is 11.3 Å². The van der Waals surface area contributed by atoms with E-state index in [0.717, 1.165) is 35.8 Å². The maximum Gasteiger partial charge on any atom is 0.348 e. The topological polar surface area (TPSA) is 59.1 Å². The molecule has 6 nitrogen and oxygen atoms in total. The van der Waals surface area contributed by atoms with Gasteiger partial charge in [-0.1, -0.05) is 18.6 Å². The van der Waals surface area contributed by atoms with Crippen molar-refractivity contribution in [2.45, 2.75) is 32.4 Å². The van der Waals surface area contributed by atoms with Gasteiger partial charge in [-0.05, 0) is 55.8 Å². The third-order valence-corrected chi connectivity index (χ3v) is 6.07. The van der Waals surface area contributed by atoms with Gasteiger partial charge in [-0.2, -0.15) is 0 Å². The molecule has 1 fully saturated rings. The molecule has 1 aromatic heterocycles. The molecule has 0 spiro atoms. The van der Waals surface area contributed by atoms with E-state index in [2.05, 4.69) is 4.90 Å². The third kappa shape index (κ3) is 6.30. The van der Waals surface area contributed by atoms with Crippen LogP contribution in [0.1, 0.15) is 39.4 Å². The molecule has 156 valence electrons. The molecule has 1 amide bonds. The Kier molecular flexibility index (Phi) is 7.66. The molecule has 3 rings (SSSR count). The van der Waals surface area contributed by atoms with Crippen molar-refractivity contribution < 1.29 is 19.1 Å². The summed E-state index contributed by atoms with van der Waals surface area (Å²) in [6.07, 6.45) is 3.79. The summed E-state index contributed by atoms with van der Waals surface area (Å²) in [5, 5.41) is 0. The fraction of sp³-hybridized carbons (Fsp3) is 0.455. The van der Waals surface area contributed by atoms with Crippen molar-refractivity contribution in [2.24, 2.45) is 0 Å². The second-order valence-electron chi connectivity index (χ2n) is 7.28. The Labute approximate surface area is 176 Å². The van der Waals surface area contributed by atoms with Crippen molar-refractivity contribution >= 4 is 23.2 Å². The average Bonchev–Trinajstić information content (AvgIpc) is 3.21. The highest BCUT2D eigenvalue weighted by molar-refractivity contribution is 7.13. The number of nitrogens with zero attached hydrogens (tertiary/aromatic N) is 2. The quantitative estimate of drug-likeness (QED) is 0.616. The van der Waals surface area contributed by atoms with Crippen LogP contribution in [0.5, 0.6) is 5.75 Å². The molecule has 0 radical (unpaired) electrons. The number of likely N-dealkylation sites (N-methyl/N-ethyl adjacent to an activating group) is 1. The number of thiophene rings is 1. The largest absolute Gasteiger partial charge is 0.497 e. The zero-order valence-corrected chi connectivity index (χ0v) is 17.9. The van der Waals surface area contributed by atoms with E-state index < -0.39 is 5.97 Å². The summed E-state index contributed by atoms with van der Waals surface area (Å²) in [5.41, 5.74) is 0.980. The normalized spacial score (nSPS) is 14.4. The summed E-state index contributed by atoms with van der Waals surface area (Å²) in [5.74, 6) is 0.0950. The van der Waals surface area contributed by atoms with Gasteiger partial charge < -0.3 is 14.4 Å². The number of hydrogen-bond acceptors (Lipinski definition) is 6. The van der Waals surface area contributed by atoms with Gasteiger partial charge in [0, 0.05) is 25.0 Å². The van der Waals surface area contributed by atoms with Crippen LogP contribution in [-0.4, -0.2) is 55.5 Å². The SMILES string of the molecule is COc1ccc(CN(C)C(=O)COC(=O)c2ccc(CN3CCCCC3)s2)cc1. The zero-order chi connectivity index (χ0) is 20.6. The highest BCUT2D eigenvalue weighted by atomic mass is 32.1. The fourth-order valence-corrected chi connectivity index (χ4v) is 4.26. The predicted octanol–water partition coefficient (Wildman–Crippen LogP) is 3.56. The summed E-state index contributed by atoms with van der Waals surface area (Å²) in [7, 11) is 3.31. The van der Waals surface area contributed by atoms with Gasteiger partial charge in [0.05, 0.1) is 7.11 Å². The lowest BCUT2D eigenvalue weighted by Gasteiger charge is -2.25. The Morgan fingerprint density at radius 3 is 2.48 bits per heavy atom. The Bertz CT molecular complexity index is 812. The highest BCUT2D eigenvalue weighted by Gasteiger charge is 2.17. The van der Waals surface area contributed by atoms with Crippen LogP contribution in [0.3, 0.4) is 0 Å². The molecule has 0 unspecified atom stereocenters. The number of piperidine rings is 1. The van der Waals surface area contributed by atoms with Gasteiger partial charge in [0.2, 0.25) is 0 Å². The molecule has 1 aliphatic heterocycles. The number of esters is 1. The molecule has 1 saturated heterocycles. The monoisotopic (exact) mass is 416 g/mol. The first-order chi connectivity index (χ1) is 14.0. The van der Waals surface area contributed by atoms with Crippen molar-refractivity contribution in [3.05, 3.63) is 51.7 Å². The van der Waals surface area contributed by atoms with Crippen molar-refractivity contribution in [1.29, 1.82) is 0 Å². The first-order valence-corrected chi connectivity index (χ1v) is 10.7. The van der Waals surface area contributed by atoms with E-state index in [-0.39, 0.29) is 12.5 Å².